The van der Waals surface area contributed by atoms with Crippen LogP contribution in [0, 0.1) is 4.64 Å². The van der Waals surface area contributed by atoms with Crippen molar-refractivity contribution in [2.24, 2.45) is 0 Å². The fraction of sp³-hybridized carbons (Fsp3) is 0.250. The molecule has 1 fully saturated rings. The Kier molecular flexibility index (Phi) is 3.65. The summed E-state index contributed by atoms with van der Waals surface area (Å²) in [5.74, 6) is 0.107. The molecule has 20 heavy (non-hydrogen) atoms. The Labute approximate surface area is 123 Å². The minimum atomic E-state index is 0.107. The van der Waals surface area contributed by atoms with Gasteiger partial charge in [0.25, 0.3) is 5.91 Å². The van der Waals surface area contributed by atoms with E-state index < -0.39 is 0 Å². The molecule has 0 saturated carbocycles. The Bertz CT molecular complexity index is 645. The molecule has 1 aromatic carbocycles. The first-order valence-electron chi connectivity index (χ1n) is 6.80. The zero-order valence-electron chi connectivity index (χ0n) is 11.1. The highest BCUT2D eigenvalue weighted by atomic mass is 32.1. The SMILES string of the molecule is O=C(c1ccccc1)N1CCCC1c1ccc(=S)[nH]c1. The molecule has 1 aliphatic heterocycles. The summed E-state index contributed by atoms with van der Waals surface area (Å²) in [4.78, 5) is 17.6. The number of aromatic amines is 1. The first-order chi connectivity index (χ1) is 9.75. The molecular weight excluding hydrogens is 268 g/mol. The van der Waals surface area contributed by atoms with Crippen molar-refractivity contribution in [2.75, 3.05) is 6.54 Å². The third-order valence-corrected chi connectivity index (χ3v) is 3.98. The Morgan fingerprint density at radius 3 is 2.70 bits per heavy atom. The number of pyridine rings is 1. The lowest BCUT2D eigenvalue weighted by Gasteiger charge is -2.25. The van der Waals surface area contributed by atoms with Gasteiger partial charge in [0, 0.05) is 18.3 Å². The Morgan fingerprint density at radius 2 is 2.00 bits per heavy atom. The highest BCUT2D eigenvalue weighted by Gasteiger charge is 2.30. The zero-order valence-corrected chi connectivity index (χ0v) is 11.9. The number of carbonyl (C=O) groups excluding carboxylic acids is 1. The largest absolute Gasteiger partial charge is 0.353 e. The van der Waals surface area contributed by atoms with E-state index in [1.54, 1.807) is 0 Å². The van der Waals surface area contributed by atoms with Crippen molar-refractivity contribution in [3.63, 3.8) is 0 Å². The summed E-state index contributed by atoms with van der Waals surface area (Å²) in [6.45, 7) is 0.814. The van der Waals surface area contributed by atoms with Crippen LogP contribution in [-0.4, -0.2) is 22.3 Å². The van der Waals surface area contributed by atoms with Crippen LogP contribution in [0.4, 0.5) is 0 Å². The average molecular weight is 284 g/mol. The normalized spacial score (nSPS) is 18.2. The lowest BCUT2D eigenvalue weighted by molar-refractivity contribution is 0.0735. The second kappa shape index (κ2) is 5.59. The molecule has 1 saturated heterocycles. The Balaban J connectivity index is 1.87. The van der Waals surface area contributed by atoms with Gasteiger partial charge in [-0.2, -0.15) is 0 Å². The van der Waals surface area contributed by atoms with E-state index in [1.807, 2.05) is 53.6 Å². The van der Waals surface area contributed by atoms with Gasteiger partial charge in [0.05, 0.1) is 6.04 Å². The summed E-state index contributed by atoms with van der Waals surface area (Å²) in [7, 11) is 0. The van der Waals surface area contributed by atoms with Gasteiger partial charge in [-0.05, 0) is 36.6 Å². The molecule has 1 atom stereocenters. The second-order valence-corrected chi connectivity index (χ2v) is 5.45. The summed E-state index contributed by atoms with van der Waals surface area (Å²) in [6, 6.07) is 13.5. The molecular formula is C16H16N2OS. The van der Waals surface area contributed by atoms with Crippen LogP contribution in [-0.2, 0) is 0 Å². The van der Waals surface area contributed by atoms with Crippen LogP contribution < -0.4 is 0 Å². The van der Waals surface area contributed by atoms with Gasteiger partial charge in [0.2, 0.25) is 0 Å². The molecule has 2 heterocycles. The van der Waals surface area contributed by atoms with Crippen molar-refractivity contribution < 1.29 is 4.79 Å². The minimum Gasteiger partial charge on any atom is -0.353 e. The number of likely N-dealkylation sites (tertiary alicyclic amines) is 1. The number of amides is 1. The van der Waals surface area contributed by atoms with E-state index in [-0.39, 0.29) is 11.9 Å². The van der Waals surface area contributed by atoms with Gasteiger partial charge in [-0.25, -0.2) is 0 Å². The molecule has 1 aromatic heterocycles. The predicted molar refractivity (Wildman–Crippen MR) is 81.1 cm³/mol. The van der Waals surface area contributed by atoms with Crippen LogP contribution in [0.25, 0.3) is 0 Å². The molecule has 1 aliphatic rings. The highest BCUT2D eigenvalue weighted by molar-refractivity contribution is 7.71. The maximum Gasteiger partial charge on any atom is 0.254 e. The Morgan fingerprint density at radius 1 is 1.20 bits per heavy atom. The number of nitrogens with one attached hydrogen (secondary N) is 1. The van der Waals surface area contributed by atoms with Crippen LogP contribution in [0.2, 0.25) is 0 Å². The Hall–Kier alpha value is -1.94. The lowest BCUT2D eigenvalue weighted by atomic mass is 10.1. The number of hydrogen-bond acceptors (Lipinski definition) is 2. The van der Waals surface area contributed by atoms with Crippen molar-refractivity contribution in [1.82, 2.24) is 9.88 Å². The molecule has 2 aromatic rings. The summed E-state index contributed by atoms with van der Waals surface area (Å²) >= 11 is 5.07. The van der Waals surface area contributed by atoms with Crippen molar-refractivity contribution in [3.05, 3.63) is 64.4 Å². The monoisotopic (exact) mass is 284 g/mol. The summed E-state index contributed by atoms with van der Waals surface area (Å²) in [5.41, 5.74) is 1.88. The number of rotatable bonds is 2. The van der Waals surface area contributed by atoms with Crippen molar-refractivity contribution >= 4 is 18.1 Å². The number of carbonyl (C=O) groups is 1. The van der Waals surface area contributed by atoms with E-state index in [0.717, 1.165) is 30.5 Å². The summed E-state index contributed by atoms with van der Waals surface area (Å²) < 4.78 is 0.715. The molecule has 1 amide bonds. The van der Waals surface area contributed by atoms with Crippen molar-refractivity contribution in [2.45, 2.75) is 18.9 Å². The van der Waals surface area contributed by atoms with Crippen LogP contribution in [0.15, 0.2) is 48.7 Å². The van der Waals surface area contributed by atoms with Gasteiger partial charge in [-0.1, -0.05) is 36.5 Å². The predicted octanol–water partition coefficient (Wildman–Crippen LogP) is 3.72. The number of hydrogen-bond donors (Lipinski definition) is 1. The van der Waals surface area contributed by atoms with Crippen LogP contribution in [0.5, 0.6) is 0 Å². The molecule has 0 bridgehead atoms. The van der Waals surface area contributed by atoms with E-state index in [9.17, 15) is 4.79 Å². The third-order valence-electron chi connectivity index (χ3n) is 3.73. The van der Waals surface area contributed by atoms with Gasteiger partial charge in [-0.15, -0.1) is 0 Å². The standard InChI is InChI=1S/C16H16N2OS/c19-16(12-5-2-1-3-6-12)18-10-4-7-14(18)13-8-9-15(20)17-11-13/h1-3,5-6,8-9,11,14H,4,7,10H2,(H,17,20). The first-order valence-corrected chi connectivity index (χ1v) is 7.21. The minimum absolute atomic E-state index is 0.107. The number of aromatic nitrogens is 1. The van der Waals surface area contributed by atoms with Gasteiger partial charge >= 0.3 is 0 Å². The van der Waals surface area contributed by atoms with Gasteiger partial charge in [-0.3, -0.25) is 4.79 Å². The number of nitrogens with zero attached hydrogens (tertiary/aromatic N) is 1. The molecule has 0 spiro atoms. The summed E-state index contributed by atoms with van der Waals surface area (Å²) in [6.07, 6.45) is 3.96. The molecule has 0 radical (unpaired) electrons. The smallest absolute Gasteiger partial charge is 0.254 e. The van der Waals surface area contributed by atoms with E-state index in [1.165, 1.54) is 0 Å². The van der Waals surface area contributed by atoms with Crippen LogP contribution in [0.1, 0.15) is 34.8 Å². The fourth-order valence-electron chi connectivity index (χ4n) is 2.73. The number of H-pyrrole nitrogens is 1. The maximum absolute atomic E-state index is 12.6. The molecule has 0 aliphatic carbocycles. The average Bonchev–Trinajstić information content (AvgIpc) is 2.97. The van der Waals surface area contributed by atoms with Crippen molar-refractivity contribution in [1.29, 1.82) is 0 Å². The van der Waals surface area contributed by atoms with Gasteiger partial charge in [0.1, 0.15) is 4.64 Å². The highest BCUT2D eigenvalue weighted by Crippen LogP contribution is 2.32. The maximum atomic E-state index is 12.6. The van der Waals surface area contributed by atoms with E-state index in [0.29, 0.717) is 4.64 Å². The quantitative estimate of drug-likeness (QED) is 0.853. The number of benzene rings is 1. The van der Waals surface area contributed by atoms with Gasteiger partial charge < -0.3 is 9.88 Å². The topological polar surface area (TPSA) is 36.1 Å². The zero-order chi connectivity index (χ0) is 13.9. The molecule has 1 unspecified atom stereocenters. The van der Waals surface area contributed by atoms with Crippen LogP contribution in [0.3, 0.4) is 0 Å². The van der Waals surface area contributed by atoms with E-state index in [2.05, 4.69) is 4.98 Å². The van der Waals surface area contributed by atoms with Crippen molar-refractivity contribution in [3.8, 4) is 0 Å². The van der Waals surface area contributed by atoms with Crippen LogP contribution >= 0.6 is 12.2 Å². The van der Waals surface area contributed by atoms with E-state index in [4.69, 9.17) is 12.2 Å². The van der Waals surface area contributed by atoms with E-state index >= 15 is 0 Å². The van der Waals surface area contributed by atoms with Gasteiger partial charge in [0.15, 0.2) is 0 Å². The second-order valence-electron chi connectivity index (χ2n) is 5.01. The third kappa shape index (κ3) is 2.51. The molecule has 3 rings (SSSR count). The molecule has 3 nitrogen and oxygen atoms in total. The summed E-state index contributed by atoms with van der Waals surface area (Å²) in [5, 5.41) is 0. The fourth-order valence-corrected chi connectivity index (χ4v) is 2.86. The first kappa shape index (κ1) is 13.1. The molecule has 102 valence electrons. The molecule has 4 heteroatoms. The lowest BCUT2D eigenvalue weighted by Crippen LogP contribution is -2.30. The molecule has 1 N–H and O–H groups in total.